The quantitative estimate of drug-likeness (QED) is 0.514. The minimum absolute atomic E-state index is 0. The molecule has 0 aromatic heterocycles. The molecule has 70 valence electrons. The molecule has 0 aliphatic heterocycles. The van der Waals surface area contributed by atoms with Crippen molar-refractivity contribution in [3.63, 3.8) is 0 Å². The molecule has 0 bridgehead atoms. The van der Waals surface area contributed by atoms with Gasteiger partial charge in [-0.1, -0.05) is 24.3 Å². The van der Waals surface area contributed by atoms with E-state index in [9.17, 15) is 12.9 Å². The van der Waals surface area contributed by atoms with Crippen molar-refractivity contribution in [1.82, 2.24) is 0 Å². The molecular formula is C6H6B2F3KO2. The Morgan fingerprint density at radius 2 is 1.43 bits per heavy atom. The predicted octanol–water partition coefficient (Wildman–Crippen LogP) is -3.58. The van der Waals surface area contributed by atoms with E-state index in [4.69, 9.17) is 10.0 Å². The van der Waals surface area contributed by atoms with Gasteiger partial charge in [-0.05, 0) is 5.46 Å². The average Bonchev–Trinajstić information content (AvgIpc) is 2.03. The van der Waals surface area contributed by atoms with Crippen LogP contribution in [0.4, 0.5) is 12.9 Å². The Morgan fingerprint density at radius 3 is 1.71 bits per heavy atom. The summed E-state index contributed by atoms with van der Waals surface area (Å²) in [5.41, 5.74) is -0.701. The zero-order valence-electron chi connectivity index (χ0n) is 7.49. The van der Waals surface area contributed by atoms with Crippen LogP contribution in [-0.4, -0.2) is 24.1 Å². The first-order chi connectivity index (χ1) is 5.91. The van der Waals surface area contributed by atoms with Gasteiger partial charge in [0.1, 0.15) is 0 Å². The second kappa shape index (κ2) is 5.69. The standard InChI is InChI=1S/C6H6B2F3O2.K/c9-8(10,11)6-3-1-5(2-4-6)7(12)13;/h1-4,12-13H;/q-1;+1. The van der Waals surface area contributed by atoms with Crippen molar-refractivity contribution in [2.75, 3.05) is 0 Å². The van der Waals surface area contributed by atoms with Gasteiger partial charge in [0.2, 0.25) is 0 Å². The Labute approximate surface area is 122 Å². The Balaban J connectivity index is 0.00000169. The van der Waals surface area contributed by atoms with Gasteiger partial charge in [0.25, 0.3) is 0 Å². The molecule has 8 heteroatoms. The fraction of sp³-hybridized carbons (Fsp3) is 0. The smallest absolute Gasteiger partial charge is 0.445 e. The van der Waals surface area contributed by atoms with E-state index in [-0.39, 0.29) is 56.8 Å². The monoisotopic (exact) mass is 228 g/mol. The normalized spacial score (nSPS) is 10.6. The van der Waals surface area contributed by atoms with Crippen LogP contribution in [0.3, 0.4) is 0 Å². The van der Waals surface area contributed by atoms with Crippen LogP contribution in [0, 0.1) is 0 Å². The van der Waals surface area contributed by atoms with Crippen LogP contribution in [0.5, 0.6) is 0 Å². The van der Waals surface area contributed by atoms with Gasteiger partial charge in [-0.15, -0.1) is 5.46 Å². The van der Waals surface area contributed by atoms with Gasteiger partial charge >= 0.3 is 65.5 Å². The third-order valence-corrected chi connectivity index (χ3v) is 1.61. The average molecular weight is 228 g/mol. The molecular weight excluding hydrogens is 222 g/mol. The molecule has 14 heavy (non-hydrogen) atoms. The molecule has 0 unspecified atom stereocenters. The van der Waals surface area contributed by atoms with Crippen molar-refractivity contribution in [3.05, 3.63) is 24.3 Å². The summed E-state index contributed by atoms with van der Waals surface area (Å²) in [6, 6.07) is 3.73. The third-order valence-electron chi connectivity index (χ3n) is 1.61. The maximum Gasteiger partial charge on any atom is 1.00 e. The van der Waals surface area contributed by atoms with Gasteiger partial charge in [-0.25, -0.2) is 0 Å². The van der Waals surface area contributed by atoms with Crippen LogP contribution in [0.15, 0.2) is 24.3 Å². The SMILES string of the molecule is OB(O)c1ccc([B-](F)(F)F)cc1.[K+]. The van der Waals surface area contributed by atoms with Crippen molar-refractivity contribution in [2.45, 2.75) is 0 Å². The molecule has 1 rings (SSSR count). The molecule has 1 aromatic carbocycles. The van der Waals surface area contributed by atoms with E-state index >= 15 is 0 Å². The largest absolute Gasteiger partial charge is 1.00 e. The second-order valence-electron chi connectivity index (χ2n) is 2.62. The molecule has 0 fully saturated rings. The molecule has 0 radical (unpaired) electrons. The predicted molar refractivity (Wildman–Crippen MR) is 45.0 cm³/mol. The summed E-state index contributed by atoms with van der Waals surface area (Å²) in [6.07, 6.45) is 0. The van der Waals surface area contributed by atoms with E-state index in [0.29, 0.717) is 0 Å². The second-order valence-corrected chi connectivity index (χ2v) is 2.62. The first-order valence-electron chi connectivity index (χ1n) is 3.57. The Morgan fingerprint density at radius 1 is 1.00 bits per heavy atom. The van der Waals surface area contributed by atoms with Gasteiger partial charge in [0.15, 0.2) is 0 Å². The summed E-state index contributed by atoms with van der Waals surface area (Å²) in [4.78, 5) is 0. The van der Waals surface area contributed by atoms with E-state index in [2.05, 4.69) is 0 Å². The van der Waals surface area contributed by atoms with Crippen LogP contribution in [0.1, 0.15) is 0 Å². The van der Waals surface area contributed by atoms with Crippen LogP contribution in [-0.2, 0) is 0 Å². The van der Waals surface area contributed by atoms with E-state index in [0.717, 1.165) is 24.3 Å². The summed E-state index contributed by atoms with van der Waals surface area (Å²) < 4.78 is 36.2. The van der Waals surface area contributed by atoms with Crippen LogP contribution >= 0.6 is 0 Å². The summed E-state index contributed by atoms with van der Waals surface area (Å²) in [5.74, 6) is 0. The van der Waals surface area contributed by atoms with Crippen molar-refractivity contribution < 1.29 is 74.4 Å². The van der Waals surface area contributed by atoms with Gasteiger partial charge < -0.3 is 23.0 Å². The molecule has 0 saturated carbocycles. The molecule has 0 atom stereocenters. The number of rotatable bonds is 2. The van der Waals surface area contributed by atoms with Crippen molar-refractivity contribution >= 4 is 25.0 Å². The molecule has 0 aliphatic carbocycles. The Kier molecular flexibility index (Phi) is 5.97. The van der Waals surface area contributed by atoms with E-state index in [1.165, 1.54) is 0 Å². The summed E-state index contributed by atoms with van der Waals surface area (Å²) in [7, 11) is -1.73. The molecule has 0 amide bonds. The van der Waals surface area contributed by atoms with E-state index in [1.807, 2.05) is 0 Å². The Hall–Kier alpha value is 0.696. The zero-order valence-corrected chi connectivity index (χ0v) is 10.6. The molecule has 2 N–H and O–H groups in total. The third kappa shape index (κ3) is 4.05. The zero-order chi connectivity index (χ0) is 10.1. The van der Waals surface area contributed by atoms with Crippen LogP contribution in [0.2, 0.25) is 0 Å². The van der Waals surface area contributed by atoms with Gasteiger partial charge in [0.05, 0.1) is 0 Å². The van der Waals surface area contributed by atoms with Crippen molar-refractivity contribution in [1.29, 1.82) is 0 Å². The van der Waals surface area contributed by atoms with E-state index in [1.54, 1.807) is 0 Å². The molecule has 0 spiro atoms. The van der Waals surface area contributed by atoms with Gasteiger partial charge in [-0.3, -0.25) is 0 Å². The summed E-state index contributed by atoms with van der Waals surface area (Å²) >= 11 is 0. The first-order valence-corrected chi connectivity index (χ1v) is 3.57. The van der Waals surface area contributed by atoms with Gasteiger partial charge in [0, 0.05) is 0 Å². The van der Waals surface area contributed by atoms with Crippen LogP contribution in [0.25, 0.3) is 0 Å². The topological polar surface area (TPSA) is 40.5 Å². The number of hydrogen-bond donors (Lipinski definition) is 2. The maximum absolute atomic E-state index is 12.1. The minimum atomic E-state index is -5.00. The number of halogens is 3. The molecule has 2 nitrogen and oxygen atoms in total. The van der Waals surface area contributed by atoms with E-state index < -0.39 is 19.6 Å². The fourth-order valence-corrected chi connectivity index (χ4v) is 0.886. The molecule has 0 heterocycles. The van der Waals surface area contributed by atoms with Crippen molar-refractivity contribution in [3.8, 4) is 0 Å². The first kappa shape index (κ1) is 14.7. The van der Waals surface area contributed by atoms with Gasteiger partial charge in [-0.2, -0.15) is 0 Å². The summed E-state index contributed by atoms with van der Waals surface area (Å²) in [5, 5.41) is 17.2. The Bertz CT molecular complexity index is 288. The molecule has 0 saturated heterocycles. The summed E-state index contributed by atoms with van der Waals surface area (Å²) in [6.45, 7) is -5.00. The number of benzene rings is 1. The minimum Gasteiger partial charge on any atom is -0.445 e. The fourth-order valence-electron chi connectivity index (χ4n) is 0.886. The van der Waals surface area contributed by atoms with Crippen molar-refractivity contribution in [2.24, 2.45) is 0 Å². The van der Waals surface area contributed by atoms with Crippen LogP contribution < -0.4 is 62.3 Å². The molecule has 0 aliphatic rings. The maximum atomic E-state index is 12.1. The number of hydrogen-bond acceptors (Lipinski definition) is 2. The molecule has 1 aromatic rings.